The van der Waals surface area contributed by atoms with Gasteiger partial charge in [-0.25, -0.2) is 14.8 Å². The summed E-state index contributed by atoms with van der Waals surface area (Å²) in [5.41, 5.74) is 4.58. The van der Waals surface area contributed by atoms with Crippen LogP contribution in [0.25, 0.3) is 15.9 Å². The molecular formula is C34H31N6O4S2+. The fraction of sp³-hybridized carbons (Fsp3) is 0.206. The number of benzene rings is 3. The van der Waals surface area contributed by atoms with Gasteiger partial charge in [-0.05, 0) is 72.9 Å². The average Bonchev–Trinajstić information content (AvgIpc) is 3.81. The van der Waals surface area contributed by atoms with Crippen molar-refractivity contribution >= 4 is 55.0 Å². The van der Waals surface area contributed by atoms with Crippen LogP contribution < -0.4 is 19.6 Å². The molecule has 0 unspecified atom stereocenters. The lowest BCUT2D eigenvalue weighted by molar-refractivity contribution is -0.744. The Labute approximate surface area is 273 Å². The molecule has 0 fully saturated rings. The van der Waals surface area contributed by atoms with E-state index in [2.05, 4.69) is 20.2 Å². The topological polar surface area (TPSA) is 113 Å². The second-order valence-corrected chi connectivity index (χ2v) is 13.1. The van der Waals surface area contributed by atoms with E-state index in [1.165, 1.54) is 22.7 Å². The first kappa shape index (κ1) is 29.6. The maximum Gasteiger partial charge on any atom is 0.355 e. The van der Waals surface area contributed by atoms with E-state index in [1.54, 1.807) is 0 Å². The second-order valence-electron chi connectivity index (χ2n) is 11.0. The van der Waals surface area contributed by atoms with Crippen molar-refractivity contribution in [3.63, 3.8) is 0 Å². The molecule has 10 nitrogen and oxygen atoms in total. The number of aromatic nitrogens is 4. The number of anilines is 2. The number of carbonyl (C=O) groups is 2. The summed E-state index contributed by atoms with van der Waals surface area (Å²) in [5, 5.41) is 14.1. The Bertz CT molecular complexity index is 2020. The second kappa shape index (κ2) is 12.7. The van der Waals surface area contributed by atoms with Crippen molar-refractivity contribution in [2.45, 2.75) is 25.8 Å². The summed E-state index contributed by atoms with van der Waals surface area (Å²) in [6.07, 6.45) is 5.88. The minimum absolute atomic E-state index is 0.0802. The highest BCUT2D eigenvalue weighted by Gasteiger charge is 2.26. The van der Waals surface area contributed by atoms with Crippen molar-refractivity contribution in [2.75, 3.05) is 23.4 Å². The summed E-state index contributed by atoms with van der Waals surface area (Å²) in [5.74, 6) is -0.491. The summed E-state index contributed by atoms with van der Waals surface area (Å²) in [6, 6.07) is 23.4. The van der Waals surface area contributed by atoms with Crippen LogP contribution in [0.2, 0.25) is 0 Å². The first-order valence-corrected chi connectivity index (χ1v) is 16.6. The number of amides is 1. The van der Waals surface area contributed by atoms with Gasteiger partial charge in [-0.15, -0.1) is 20.7 Å². The molecule has 46 heavy (non-hydrogen) atoms. The molecule has 2 N–H and O–H groups in total. The summed E-state index contributed by atoms with van der Waals surface area (Å²) in [7, 11) is 1.98. The standard InChI is InChI=1S/C34H30N6O4S2/c1-38-17-6-18-40(38)23-12-14-24(15-13-23)44-20-5-11-29-30(32(42)43)36-34(46-29)39-19-16-22-7-4-8-25(26(22)21-39)31(41)37-33-35-27-9-2-3-10-28(27)45-33/h2-4,6-10,12-15,17-18H,5,11,16,19-21H2,1H3,(H-,35,37,41,42,43)/p+1. The van der Waals surface area contributed by atoms with Gasteiger partial charge in [0.25, 0.3) is 5.91 Å². The van der Waals surface area contributed by atoms with E-state index in [1.807, 2.05) is 102 Å². The van der Waals surface area contributed by atoms with Gasteiger partial charge in [-0.2, -0.15) is 0 Å². The largest absolute Gasteiger partial charge is 0.494 e. The molecule has 6 aromatic rings. The highest BCUT2D eigenvalue weighted by atomic mass is 32.1. The number of hydrogen-bond acceptors (Lipinski definition) is 8. The summed E-state index contributed by atoms with van der Waals surface area (Å²) in [4.78, 5) is 37.4. The molecular weight excluding hydrogens is 621 g/mol. The normalized spacial score (nSPS) is 12.7. The lowest BCUT2D eigenvalue weighted by atomic mass is 9.94. The van der Waals surface area contributed by atoms with Crippen LogP contribution in [0.15, 0.2) is 85.2 Å². The Morgan fingerprint density at radius 2 is 1.87 bits per heavy atom. The van der Waals surface area contributed by atoms with Gasteiger partial charge in [0.1, 0.15) is 11.4 Å². The van der Waals surface area contributed by atoms with Crippen LogP contribution in [0.3, 0.4) is 0 Å². The van der Waals surface area contributed by atoms with Gasteiger partial charge in [0.2, 0.25) is 0 Å². The number of carboxylic acids is 1. The molecule has 3 aromatic heterocycles. The number of carboxylic acid groups (broad SMARTS) is 1. The molecule has 0 aliphatic carbocycles. The summed E-state index contributed by atoms with van der Waals surface area (Å²) < 4.78 is 11.0. The zero-order valence-electron chi connectivity index (χ0n) is 25.1. The van der Waals surface area contributed by atoms with E-state index < -0.39 is 5.97 Å². The summed E-state index contributed by atoms with van der Waals surface area (Å²) in [6.45, 7) is 1.60. The number of fused-ring (bicyclic) bond motifs is 2. The minimum atomic E-state index is -1.04. The number of aryl methyl sites for hydroxylation is 2. The maximum absolute atomic E-state index is 13.4. The monoisotopic (exact) mass is 651 g/mol. The molecule has 0 spiro atoms. The Kier molecular flexibility index (Phi) is 8.20. The van der Waals surface area contributed by atoms with Crippen LogP contribution >= 0.6 is 22.7 Å². The number of para-hydroxylation sites is 1. The number of ether oxygens (including phenoxy) is 1. The molecule has 0 atom stereocenters. The Morgan fingerprint density at radius 1 is 1.02 bits per heavy atom. The third-order valence-corrected chi connectivity index (χ3v) is 10.1. The van der Waals surface area contributed by atoms with E-state index in [0.29, 0.717) is 53.2 Å². The number of rotatable bonds is 10. The quantitative estimate of drug-likeness (QED) is 0.140. The van der Waals surface area contributed by atoms with Crippen molar-refractivity contribution < 1.29 is 24.1 Å². The first-order chi connectivity index (χ1) is 22.4. The SMILES string of the molecule is C[n+]1cccn1-c1ccc(OCCCc2sc(N3CCc4cccc(C(=O)Nc5nc6ccccc6s5)c4C3)nc2C(=O)O)cc1. The number of hydrogen-bond donors (Lipinski definition) is 2. The molecule has 1 aliphatic rings. The molecule has 0 saturated heterocycles. The molecule has 0 bridgehead atoms. The molecule has 12 heteroatoms. The highest BCUT2D eigenvalue weighted by molar-refractivity contribution is 7.22. The fourth-order valence-electron chi connectivity index (χ4n) is 5.67. The van der Waals surface area contributed by atoms with Gasteiger partial charge in [0, 0.05) is 29.6 Å². The third kappa shape index (κ3) is 6.09. The van der Waals surface area contributed by atoms with Crippen molar-refractivity contribution in [2.24, 2.45) is 7.05 Å². The molecule has 1 aliphatic heterocycles. The predicted octanol–water partition coefficient (Wildman–Crippen LogP) is 5.89. The van der Waals surface area contributed by atoms with Crippen LogP contribution in [-0.2, 0) is 26.4 Å². The number of thiazole rings is 2. The number of nitrogens with zero attached hydrogens (tertiary/aromatic N) is 5. The van der Waals surface area contributed by atoms with Crippen molar-refractivity contribution in [1.82, 2.24) is 14.6 Å². The fourth-order valence-corrected chi connectivity index (χ4v) is 7.64. The van der Waals surface area contributed by atoms with E-state index in [9.17, 15) is 14.7 Å². The maximum atomic E-state index is 13.4. The highest BCUT2D eigenvalue weighted by Crippen LogP contribution is 2.33. The van der Waals surface area contributed by atoms with Gasteiger partial charge in [-0.3, -0.25) is 10.1 Å². The Morgan fingerprint density at radius 3 is 2.65 bits per heavy atom. The van der Waals surface area contributed by atoms with Crippen molar-refractivity contribution in [1.29, 1.82) is 0 Å². The van der Waals surface area contributed by atoms with Crippen molar-refractivity contribution in [3.8, 4) is 11.4 Å². The minimum Gasteiger partial charge on any atom is -0.494 e. The smallest absolute Gasteiger partial charge is 0.355 e. The molecule has 232 valence electrons. The number of carbonyl (C=O) groups excluding carboxylic acids is 1. The van der Waals surface area contributed by atoms with Crippen LogP contribution in [0.5, 0.6) is 5.75 Å². The van der Waals surface area contributed by atoms with E-state index in [4.69, 9.17) is 4.74 Å². The summed E-state index contributed by atoms with van der Waals surface area (Å²) >= 11 is 2.84. The van der Waals surface area contributed by atoms with Crippen LogP contribution in [0, 0.1) is 0 Å². The van der Waals surface area contributed by atoms with Crippen LogP contribution in [0.1, 0.15) is 43.3 Å². The van der Waals surface area contributed by atoms with E-state index in [-0.39, 0.29) is 11.6 Å². The number of nitrogens with one attached hydrogen (secondary N) is 1. The molecule has 3 aromatic carbocycles. The van der Waals surface area contributed by atoms with Gasteiger partial charge < -0.3 is 14.7 Å². The molecule has 0 saturated carbocycles. The Balaban J connectivity index is 1.01. The van der Waals surface area contributed by atoms with E-state index >= 15 is 0 Å². The van der Waals surface area contributed by atoms with Gasteiger partial charge in [0.15, 0.2) is 29.2 Å². The van der Waals surface area contributed by atoms with E-state index in [0.717, 1.165) is 39.2 Å². The first-order valence-electron chi connectivity index (χ1n) is 14.9. The zero-order valence-corrected chi connectivity index (χ0v) is 26.7. The molecule has 0 radical (unpaired) electrons. The van der Waals surface area contributed by atoms with Gasteiger partial charge in [0.05, 0.1) is 23.0 Å². The molecule has 1 amide bonds. The zero-order chi connectivity index (χ0) is 31.6. The van der Waals surface area contributed by atoms with Gasteiger partial charge in [-0.1, -0.05) is 35.6 Å². The predicted molar refractivity (Wildman–Crippen MR) is 179 cm³/mol. The molecule has 7 rings (SSSR count). The van der Waals surface area contributed by atoms with Crippen LogP contribution in [0.4, 0.5) is 10.3 Å². The lowest BCUT2D eigenvalue weighted by Crippen LogP contribution is -2.36. The lowest BCUT2D eigenvalue weighted by Gasteiger charge is -2.29. The number of aromatic carboxylic acids is 1. The molecule has 4 heterocycles. The van der Waals surface area contributed by atoms with Crippen LogP contribution in [-0.4, -0.2) is 44.8 Å². The van der Waals surface area contributed by atoms with Gasteiger partial charge >= 0.3 is 5.97 Å². The third-order valence-electron chi connectivity index (χ3n) is 7.98. The van der Waals surface area contributed by atoms with Crippen molar-refractivity contribution in [3.05, 3.63) is 112 Å². The average molecular weight is 652 g/mol. The Hall–Kier alpha value is -5.07.